The number of fused-ring (bicyclic) bond motifs is 1. The number of ether oxygens (including phenoxy) is 1. The van der Waals surface area contributed by atoms with E-state index in [1.165, 1.54) is 5.56 Å². The fourth-order valence-corrected chi connectivity index (χ4v) is 3.07. The molecule has 26 heavy (non-hydrogen) atoms. The normalized spacial score (nSPS) is 12.4. The molecule has 0 spiro atoms. The summed E-state index contributed by atoms with van der Waals surface area (Å²) in [6.45, 7) is 2.86. The molecule has 3 aromatic rings. The van der Waals surface area contributed by atoms with E-state index in [0.717, 1.165) is 29.0 Å². The number of hydrogen-bond donors (Lipinski definition) is 2. The number of para-hydroxylation sites is 2. The molecule has 1 aromatic heterocycles. The smallest absolute Gasteiger partial charge is 0.119 e. The lowest BCUT2D eigenvalue weighted by Crippen LogP contribution is -2.24. The van der Waals surface area contributed by atoms with Crippen LogP contribution in [0.15, 0.2) is 48.5 Å². The van der Waals surface area contributed by atoms with Crippen LogP contribution in [0.1, 0.15) is 24.7 Å². The van der Waals surface area contributed by atoms with Gasteiger partial charge in [-0.25, -0.2) is 4.98 Å². The third kappa shape index (κ3) is 4.42. The molecule has 0 saturated carbocycles. The van der Waals surface area contributed by atoms with E-state index in [2.05, 4.69) is 18.0 Å². The van der Waals surface area contributed by atoms with Crippen LogP contribution in [-0.2, 0) is 19.4 Å². The maximum absolute atomic E-state index is 10.5. The van der Waals surface area contributed by atoms with Crippen LogP contribution in [0.2, 0.25) is 0 Å². The molecule has 1 atom stereocenters. The molecule has 1 heterocycles. The Morgan fingerprint density at radius 3 is 2.81 bits per heavy atom. The van der Waals surface area contributed by atoms with Crippen LogP contribution in [0.5, 0.6) is 5.75 Å². The molecule has 138 valence electrons. The van der Waals surface area contributed by atoms with Gasteiger partial charge in [0.05, 0.1) is 17.6 Å². The molecule has 5 heteroatoms. The van der Waals surface area contributed by atoms with E-state index in [1.54, 1.807) is 0 Å². The Labute approximate surface area is 153 Å². The summed E-state index contributed by atoms with van der Waals surface area (Å²) in [5.74, 6) is 1.66. The van der Waals surface area contributed by atoms with Crippen molar-refractivity contribution in [1.82, 2.24) is 9.55 Å². The van der Waals surface area contributed by atoms with Crippen molar-refractivity contribution in [2.24, 2.45) is 0 Å². The summed E-state index contributed by atoms with van der Waals surface area (Å²) < 4.78 is 7.80. The van der Waals surface area contributed by atoms with Crippen LogP contribution in [0.25, 0.3) is 11.0 Å². The summed E-state index contributed by atoms with van der Waals surface area (Å²) in [5, 5.41) is 19.6. The average molecular weight is 354 g/mol. The van der Waals surface area contributed by atoms with Gasteiger partial charge in [-0.15, -0.1) is 0 Å². The van der Waals surface area contributed by atoms with Gasteiger partial charge in [-0.05, 0) is 42.7 Å². The second-order valence-corrected chi connectivity index (χ2v) is 6.42. The van der Waals surface area contributed by atoms with E-state index in [1.807, 2.05) is 47.0 Å². The lowest BCUT2D eigenvalue weighted by molar-refractivity contribution is 0.0926. The third-order valence-corrected chi connectivity index (χ3v) is 4.43. The maximum atomic E-state index is 10.5. The second kappa shape index (κ2) is 8.83. The molecule has 1 unspecified atom stereocenters. The molecule has 0 aliphatic rings. The van der Waals surface area contributed by atoms with Crippen molar-refractivity contribution >= 4 is 11.0 Å². The molecule has 0 fully saturated rings. The first-order chi connectivity index (χ1) is 12.7. The third-order valence-electron chi connectivity index (χ3n) is 4.43. The van der Waals surface area contributed by atoms with Gasteiger partial charge in [0, 0.05) is 13.0 Å². The lowest BCUT2D eigenvalue weighted by atomic mass is 10.2. The van der Waals surface area contributed by atoms with Gasteiger partial charge in [-0.1, -0.05) is 31.2 Å². The molecule has 2 aromatic carbocycles. The van der Waals surface area contributed by atoms with Crippen LogP contribution in [0.4, 0.5) is 0 Å². The number of hydrogen-bond acceptors (Lipinski definition) is 4. The molecule has 0 bridgehead atoms. The second-order valence-electron chi connectivity index (χ2n) is 6.42. The molecule has 0 saturated heterocycles. The summed E-state index contributed by atoms with van der Waals surface area (Å²) >= 11 is 0. The van der Waals surface area contributed by atoms with E-state index in [0.29, 0.717) is 19.4 Å². The van der Waals surface area contributed by atoms with Gasteiger partial charge < -0.3 is 19.5 Å². The van der Waals surface area contributed by atoms with Crippen molar-refractivity contribution in [3.63, 3.8) is 0 Å². The summed E-state index contributed by atoms with van der Waals surface area (Å²) in [7, 11) is 0. The first kappa shape index (κ1) is 18.4. The lowest BCUT2D eigenvalue weighted by Gasteiger charge is -2.16. The minimum Gasteiger partial charge on any atom is -0.491 e. The summed E-state index contributed by atoms with van der Waals surface area (Å²) in [6, 6.07) is 15.8. The number of aromatic nitrogens is 2. The molecular formula is C21H26N2O3. The Morgan fingerprint density at radius 2 is 2.00 bits per heavy atom. The van der Waals surface area contributed by atoms with Gasteiger partial charge >= 0.3 is 0 Å². The number of benzene rings is 2. The van der Waals surface area contributed by atoms with Crippen molar-refractivity contribution in [3.8, 4) is 5.75 Å². The number of nitrogens with zero attached hydrogens (tertiary/aromatic N) is 2. The van der Waals surface area contributed by atoms with Crippen LogP contribution >= 0.6 is 0 Å². The van der Waals surface area contributed by atoms with E-state index >= 15 is 0 Å². The first-order valence-corrected chi connectivity index (χ1v) is 9.16. The predicted molar refractivity (Wildman–Crippen MR) is 102 cm³/mol. The van der Waals surface area contributed by atoms with E-state index in [4.69, 9.17) is 9.84 Å². The molecular weight excluding hydrogens is 328 g/mol. The summed E-state index contributed by atoms with van der Waals surface area (Å²) in [5.41, 5.74) is 3.11. The van der Waals surface area contributed by atoms with Crippen LogP contribution in [0, 0.1) is 0 Å². The highest BCUT2D eigenvalue weighted by molar-refractivity contribution is 5.75. The number of aryl methyl sites for hydroxylation is 2. The van der Waals surface area contributed by atoms with Gasteiger partial charge in [0.15, 0.2) is 0 Å². The fourth-order valence-electron chi connectivity index (χ4n) is 3.07. The van der Waals surface area contributed by atoms with Crippen molar-refractivity contribution in [3.05, 3.63) is 59.9 Å². The van der Waals surface area contributed by atoms with Crippen LogP contribution < -0.4 is 4.74 Å². The maximum Gasteiger partial charge on any atom is 0.119 e. The van der Waals surface area contributed by atoms with Gasteiger partial charge in [-0.2, -0.15) is 0 Å². The highest BCUT2D eigenvalue weighted by Crippen LogP contribution is 2.19. The van der Waals surface area contributed by atoms with Crippen LogP contribution in [0.3, 0.4) is 0 Å². The minimum atomic E-state index is -0.647. The molecule has 0 radical (unpaired) electrons. The highest BCUT2D eigenvalue weighted by atomic mass is 16.5. The van der Waals surface area contributed by atoms with Gasteiger partial charge in [0.25, 0.3) is 0 Å². The molecule has 2 N–H and O–H groups in total. The van der Waals surface area contributed by atoms with Gasteiger partial charge in [0.2, 0.25) is 0 Å². The van der Waals surface area contributed by atoms with Gasteiger partial charge in [-0.3, -0.25) is 0 Å². The fraction of sp³-hybridized carbons (Fsp3) is 0.381. The highest BCUT2D eigenvalue weighted by Gasteiger charge is 2.14. The molecule has 0 aliphatic heterocycles. The zero-order chi connectivity index (χ0) is 18.4. The Balaban J connectivity index is 1.70. The van der Waals surface area contributed by atoms with E-state index in [9.17, 15) is 5.11 Å². The van der Waals surface area contributed by atoms with E-state index < -0.39 is 6.10 Å². The predicted octanol–water partition coefficient (Wildman–Crippen LogP) is 2.96. The van der Waals surface area contributed by atoms with Crippen molar-refractivity contribution in [2.75, 3.05) is 13.2 Å². The van der Waals surface area contributed by atoms with Crippen molar-refractivity contribution in [2.45, 2.75) is 38.8 Å². The quantitative estimate of drug-likeness (QED) is 0.620. The largest absolute Gasteiger partial charge is 0.491 e. The van der Waals surface area contributed by atoms with Crippen LogP contribution in [-0.4, -0.2) is 39.1 Å². The summed E-state index contributed by atoms with van der Waals surface area (Å²) in [6.07, 6.45) is 1.64. The Kier molecular flexibility index (Phi) is 6.26. The Morgan fingerprint density at radius 1 is 1.15 bits per heavy atom. The molecule has 0 aliphatic carbocycles. The monoisotopic (exact) mass is 354 g/mol. The zero-order valence-corrected chi connectivity index (χ0v) is 15.1. The topological polar surface area (TPSA) is 67.5 Å². The van der Waals surface area contributed by atoms with Gasteiger partial charge in [0.1, 0.15) is 24.3 Å². The standard InChI is InChI=1S/C21H26N2O3/c1-2-16-7-5-8-18(13-16)26-15-17(25)14-23-20-10-4-3-9-19(20)22-21(23)11-6-12-24/h3-5,7-10,13,17,24-25H,2,6,11-12,14-15H2,1H3. The number of rotatable bonds is 9. The molecule has 5 nitrogen and oxygen atoms in total. The molecule has 3 rings (SSSR count). The SMILES string of the molecule is CCc1cccc(OCC(O)Cn2c(CCCO)nc3ccccc32)c1. The minimum absolute atomic E-state index is 0.128. The average Bonchev–Trinajstić information content (AvgIpc) is 3.02. The van der Waals surface area contributed by atoms with E-state index in [-0.39, 0.29) is 13.2 Å². The Hall–Kier alpha value is -2.37. The number of aliphatic hydroxyl groups excluding tert-OH is 2. The van der Waals surface area contributed by atoms with Crippen molar-refractivity contribution < 1.29 is 14.9 Å². The zero-order valence-electron chi connectivity index (χ0n) is 15.1. The number of aliphatic hydroxyl groups is 2. The first-order valence-electron chi connectivity index (χ1n) is 9.16. The Bertz CT molecular complexity index is 844. The number of imidazole rings is 1. The van der Waals surface area contributed by atoms with Crippen molar-refractivity contribution in [1.29, 1.82) is 0 Å². The summed E-state index contributed by atoms with van der Waals surface area (Å²) in [4.78, 5) is 4.64. The molecule has 0 amide bonds.